The molecule has 5 nitrogen and oxygen atoms in total. The van der Waals surface area contributed by atoms with E-state index in [0.29, 0.717) is 23.3 Å². The van der Waals surface area contributed by atoms with E-state index in [4.69, 9.17) is 33.0 Å². The number of carbonyl (C=O) groups is 2. The van der Waals surface area contributed by atoms with Crippen molar-refractivity contribution in [3.8, 4) is 0 Å². The summed E-state index contributed by atoms with van der Waals surface area (Å²) in [4.78, 5) is 25.7. The third-order valence-corrected chi connectivity index (χ3v) is 5.51. The lowest BCUT2D eigenvalue weighted by molar-refractivity contribution is -0.141. The first-order valence-corrected chi connectivity index (χ1v) is 9.28. The van der Waals surface area contributed by atoms with Gasteiger partial charge in [0.15, 0.2) is 0 Å². The molecular formula is C18H21Cl2NO4. The predicted molar refractivity (Wildman–Crippen MR) is 95.1 cm³/mol. The minimum absolute atomic E-state index is 0.0316. The van der Waals surface area contributed by atoms with E-state index >= 15 is 0 Å². The van der Waals surface area contributed by atoms with Crippen LogP contribution in [0.4, 0.5) is 0 Å². The highest BCUT2D eigenvalue weighted by Crippen LogP contribution is 2.51. The van der Waals surface area contributed by atoms with Gasteiger partial charge in [0.2, 0.25) is 5.91 Å². The first kappa shape index (κ1) is 18.5. The highest BCUT2D eigenvalue weighted by atomic mass is 35.5. The van der Waals surface area contributed by atoms with Crippen LogP contribution < -0.4 is 0 Å². The summed E-state index contributed by atoms with van der Waals surface area (Å²) in [5.41, 5.74) is 0.939. The first-order chi connectivity index (χ1) is 12.0. The number of carbonyl (C=O) groups excluding carboxylic acids is 1. The van der Waals surface area contributed by atoms with Gasteiger partial charge in [-0.25, -0.2) is 0 Å². The van der Waals surface area contributed by atoms with E-state index < -0.39 is 5.97 Å². The van der Waals surface area contributed by atoms with Crippen LogP contribution in [-0.2, 0) is 14.3 Å². The molecule has 2 aliphatic rings. The fourth-order valence-electron chi connectivity index (χ4n) is 3.51. The summed E-state index contributed by atoms with van der Waals surface area (Å²) in [5.74, 6) is -0.901. The van der Waals surface area contributed by atoms with E-state index in [-0.39, 0.29) is 36.8 Å². The van der Waals surface area contributed by atoms with Gasteiger partial charge in [-0.3, -0.25) is 9.59 Å². The summed E-state index contributed by atoms with van der Waals surface area (Å²) < 4.78 is 5.36. The van der Waals surface area contributed by atoms with Gasteiger partial charge in [0.1, 0.15) is 0 Å². The van der Waals surface area contributed by atoms with Crippen molar-refractivity contribution in [1.82, 2.24) is 4.90 Å². The number of hydrogen-bond acceptors (Lipinski definition) is 3. The molecule has 1 saturated carbocycles. The van der Waals surface area contributed by atoms with Gasteiger partial charge < -0.3 is 14.7 Å². The van der Waals surface area contributed by atoms with Crippen LogP contribution in [0.25, 0.3) is 0 Å². The fraction of sp³-hybridized carbons (Fsp3) is 0.556. The molecule has 1 saturated heterocycles. The normalized spacial score (nSPS) is 23.3. The Morgan fingerprint density at radius 1 is 1.24 bits per heavy atom. The van der Waals surface area contributed by atoms with Gasteiger partial charge in [0, 0.05) is 41.8 Å². The number of halogens is 2. The Morgan fingerprint density at radius 2 is 1.96 bits per heavy atom. The molecule has 0 unspecified atom stereocenters. The van der Waals surface area contributed by atoms with E-state index in [1.54, 1.807) is 17.0 Å². The van der Waals surface area contributed by atoms with E-state index in [2.05, 4.69) is 0 Å². The van der Waals surface area contributed by atoms with Crippen LogP contribution in [0, 0.1) is 5.92 Å². The molecule has 2 atom stereocenters. The SMILES string of the molecule is O=C(O)CCN(C(=O)[C@H]1C[C@H]1c1ccc(Cl)cc1Cl)C1CCOCC1. The van der Waals surface area contributed by atoms with E-state index in [1.807, 2.05) is 6.07 Å². The van der Waals surface area contributed by atoms with Crippen molar-refractivity contribution in [2.75, 3.05) is 19.8 Å². The lowest BCUT2D eigenvalue weighted by Gasteiger charge is -2.34. The van der Waals surface area contributed by atoms with Crippen LogP contribution in [0.5, 0.6) is 0 Å². The molecule has 0 spiro atoms. The van der Waals surface area contributed by atoms with Crippen LogP contribution in [0.15, 0.2) is 18.2 Å². The second-order valence-corrected chi connectivity index (χ2v) is 7.48. The summed E-state index contributed by atoms with van der Waals surface area (Å²) in [6, 6.07) is 5.41. The maximum Gasteiger partial charge on any atom is 0.305 e. The fourth-order valence-corrected chi connectivity index (χ4v) is 4.06. The maximum absolute atomic E-state index is 13.0. The second kappa shape index (κ2) is 7.94. The Morgan fingerprint density at radius 3 is 2.60 bits per heavy atom. The zero-order valence-corrected chi connectivity index (χ0v) is 15.3. The van der Waals surface area contributed by atoms with Gasteiger partial charge in [-0.15, -0.1) is 0 Å². The van der Waals surface area contributed by atoms with Gasteiger partial charge in [0.25, 0.3) is 0 Å². The van der Waals surface area contributed by atoms with Gasteiger partial charge in [-0.05, 0) is 42.9 Å². The topological polar surface area (TPSA) is 66.8 Å². The van der Waals surface area contributed by atoms with Crippen LogP contribution in [0.2, 0.25) is 10.0 Å². The van der Waals surface area contributed by atoms with Gasteiger partial charge in [-0.2, -0.15) is 0 Å². The number of carboxylic acids is 1. The molecule has 1 N–H and O–H groups in total. The van der Waals surface area contributed by atoms with Crippen LogP contribution in [0.1, 0.15) is 37.2 Å². The summed E-state index contributed by atoms with van der Waals surface area (Å²) in [6.45, 7) is 1.47. The molecule has 2 fully saturated rings. The summed E-state index contributed by atoms with van der Waals surface area (Å²) in [5, 5.41) is 10.1. The van der Waals surface area contributed by atoms with Crippen molar-refractivity contribution in [3.63, 3.8) is 0 Å². The summed E-state index contributed by atoms with van der Waals surface area (Å²) in [6.07, 6.45) is 2.21. The minimum Gasteiger partial charge on any atom is -0.481 e. The smallest absolute Gasteiger partial charge is 0.305 e. The van der Waals surface area contributed by atoms with Crippen molar-refractivity contribution in [3.05, 3.63) is 33.8 Å². The van der Waals surface area contributed by atoms with Crippen molar-refractivity contribution in [2.24, 2.45) is 5.92 Å². The standard InChI is InChI=1S/C18H21Cl2NO4/c19-11-1-2-13(16(20)9-11)14-10-15(14)18(24)21(6-3-17(22)23)12-4-7-25-8-5-12/h1-2,9,12,14-15H,3-8,10H2,(H,22,23)/t14-,15-/m0/s1. The van der Waals surface area contributed by atoms with Crippen LogP contribution in [0.3, 0.4) is 0 Å². The Labute approximate surface area is 156 Å². The predicted octanol–water partition coefficient (Wildman–Crippen LogP) is 3.58. The molecular weight excluding hydrogens is 365 g/mol. The number of nitrogens with zero attached hydrogens (tertiary/aromatic N) is 1. The Balaban J connectivity index is 1.70. The van der Waals surface area contributed by atoms with E-state index in [1.165, 1.54) is 0 Å². The molecule has 1 aromatic carbocycles. The summed E-state index contributed by atoms with van der Waals surface area (Å²) >= 11 is 12.2. The maximum atomic E-state index is 13.0. The van der Waals surface area contributed by atoms with Crippen molar-refractivity contribution >= 4 is 35.1 Å². The largest absolute Gasteiger partial charge is 0.481 e. The molecule has 7 heteroatoms. The third-order valence-electron chi connectivity index (χ3n) is 4.95. The second-order valence-electron chi connectivity index (χ2n) is 6.63. The van der Waals surface area contributed by atoms with Crippen molar-refractivity contribution in [2.45, 2.75) is 37.6 Å². The average Bonchev–Trinajstić information content (AvgIpc) is 3.36. The van der Waals surface area contributed by atoms with Crippen molar-refractivity contribution in [1.29, 1.82) is 0 Å². The number of hydrogen-bond donors (Lipinski definition) is 1. The molecule has 25 heavy (non-hydrogen) atoms. The van der Waals surface area contributed by atoms with Gasteiger partial charge in [-0.1, -0.05) is 29.3 Å². The molecule has 1 heterocycles. The lowest BCUT2D eigenvalue weighted by atomic mass is 10.0. The zero-order valence-electron chi connectivity index (χ0n) is 13.8. The van der Waals surface area contributed by atoms with E-state index in [9.17, 15) is 9.59 Å². The highest BCUT2D eigenvalue weighted by Gasteiger charge is 2.47. The van der Waals surface area contributed by atoms with E-state index in [0.717, 1.165) is 24.8 Å². The molecule has 1 aliphatic heterocycles. The molecule has 0 aromatic heterocycles. The lowest BCUT2D eigenvalue weighted by Crippen LogP contribution is -2.45. The quantitative estimate of drug-likeness (QED) is 0.812. The number of amides is 1. The van der Waals surface area contributed by atoms with Crippen LogP contribution in [-0.4, -0.2) is 47.7 Å². The monoisotopic (exact) mass is 385 g/mol. The highest BCUT2D eigenvalue weighted by molar-refractivity contribution is 6.35. The van der Waals surface area contributed by atoms with Gasteiger partial charge >= 0.3 is 5.97 Å². The first-order valence-electron chi connectivity index (χ1n) is 8.52. The van der Waals surface area contributed by atoms with Crippen molar-refractivity contribution < 1.29 is 19.4 Å². The Kier molecular flexibility index (Phi) is 5.87. The van der Waals surface area contributed by atoms with Crippen LogP contribution >= 0.6 is 23.2 Å². The third kappa shape index (κ3) is 4.46. The minimum atomic E-state index is -0.891. The zero-order chi connectivity index (χ0) is 18.0. The molecule has 3 rings (SSSR count). The Bertz CT molecular complexity index is 660. The number of benzene rings is 1. The molecule has 1 amide bonds. The van der Waals surface area contributed by atoms with Gasteiger partial charge in [0.05, 0.1) is 6.42 Å². The Hall–Kier alpha value is -1.30. The molecule has 1 aromatic rings. The number of aliphatic carboxylic acids is 1. The number of rotatable bonds is 6. The number of ether oxygens (including phenoxy) is 1. The average molecular weight is 386 g/mol. The summed E-state index contributed by atoms with van der Waals surface area (Å²) in [7, 11) is 0. The molecule has 136 valence electrons. The molecule has 1 aliphatic carbocycles. The molecule has 0 bridgehead atoms. The molecule has 0 radical (unpaired) electrons. The number of carboxylic acid groups (broad SMARTS) is 1.